The van der Waals surface area contributed by atoms with E-state index in [1.165, 1.54) is 0 Å². The van der Waals surface area contributed by atoms with E-state index in [0.29, 0.717) is 25.4 Å². The molecule has 0 radical (unpaired) electrons. The highest BCUT2D eigenvalue weighted by molar-refractivity contribution is 5.95. The average Bonchev–Trinajstić information content (AvgIpc) is 3.32. The van der Waals surface area contributed by atoms with Gasteiger partial charge in [-0.15, -0.1) is 0 Å². The van der Waals surface area contributed by atoms with Crippen molar-refractivity contribution in [3.63, 3.8) is 0 Å². The largest absolute Gasteiger partial charge is 0.478 e. The van der Waals surface area contributed by atoms with Crippen molar-refractivity contribution in [1.29, 1.82) is 0 Å². The second-order valence-electron chi connectivity index (χ2n) is 7.91. The molecule has 2 saturated heterocycles. The van der Waals surface area contributed by atoms with Crippen LogP contribution in [-0.4, -0.2) is 104 Å². The van der Waals surface area contributed by atoms with E-state index in [-0.39, 0.29) is 11.5 Å². The van der Waals surface area contributed by atoms with E-state index >= 15 is 0 Å². The molecule has 31 heavy (non-hydrogen) atoms. The van der Waals surface area contributed by atoms with E-state index in [9.17, 15) is 14.7 Å². The molecule has 9 nitrogen and oxygen atoms in total. The molecule has 3 rings (SSSR count). The van der Waals surface area contributed by atoms with Gasteiger partial charge in [-0.1, -0.05) is 6.07 Å². The quantitative estimate of drug-likeness (QED) is 0.365. The second-order valence-corrected chi connectivity index (χ2v) is 7.91. The van der Waals surface area contributed by atoms with Crippen LogP contribution in [0.2, 0.25) is 0 Å². The molecule has 1 aromatic carbocycles. The van der Waals surface area contributed by atoms with Crippen LogP contribution in [0, 0.1) is 0 Å². The lowest BCUT2D eigenvalue weighted by atomic mass is 10.2. The summed E-state index contributed by atoms with van der Waals surface area (Å²) in [6, 6.07) is 6.73. The summed E-state index contributed by atoms with van der Waals surface area (Å²) in [4.78, 5) is 34.8. The summed E-state index contributed by atoms with van der Waals surface area (Å²) in [5.74, 6) is -0.00862. The maximum absolute atomic E-state index is 12.4. The first-order valence-electron chi connectivity index (χ1n) is 11.0. The molecule has 1 amide bonds. The fourth-order valence-electron chi connectivity index (χ4n) is 3.85. The molecule has 0 aliphatic carbocycles. The Morgan fingerprint density at radius 2 is 1.84 bits per heavy atom. The lowest BCUT2D eigenvalue weighted by Crippen LogP contribution is -2.52. The van der Waals surface area contributed by atoms with Gasteiger partial charge in [0.1, 0.15) is 0 Å². The van der Waals surface area contributed by atoms with Crippen molar-refractivity contribution in [2.24, 2.45) is 4.99 Å². The van der Waals surface area contributed by atoms with Gasteiger partial charge in [-0.05, 0) is 37.5 Å². The van der Waals surface area contributed by atoms with Gasteiger partial charge in [-0.2, -0.15) is 0 Å². The average molecular weight is 432 g/mol. The number of benzene rings is 1. The van der Waals surface area contributed by atoms with Gasteiger partial charge >= 0.3 is 5.97 Å². The van der Waals surface area contributed by atoms with Crippen LogP contribution in [0.1, 0.15) is 29.6 Å². The molecule has 0 saturated carbocycles. The second kappa shape index (κ2) is 11.7. The lowest BCUT2D eigenvalue weighted by molar-refractivity contribution is -0.131. The van der Waals surface area contributed by atoms with E-state index < -0.39 is 5.97 Å². The molecule has 9 heteroatoms. The van der Waals surface area contributed by atoms with Gasteiger partial charge in [0.25, 0.3) is 0 Å². The number of carboxylic acid groups (broad SMARTS) is 1. The van der Waals surface area contributed by atoms with Crippen molar-refractivity contribution >= 4 is 23.5 Å². The number of nitrogens with zero attached hydrogens (tertiary/aromatic N) is 4. The highest BCUT2D eigenvalue weighted by atomic mass is 16.5. The molecule has 2 fully saturated rings. The third-order valence-electron chi connectivity index (χ3n) is 5.62. The van der Waals surface area contributed by atoms with Crippen molar-refractivity contribution in [3.05, 3.63) is 29.8 Å². The van der Waals surface area contributed by atoms with Gasteiger partial charge in [0.2, 0.25) is 5.91 Å². The van der Waals surface area contributed by atoms with E-state index in [1.807, 2.05) is 11.0 Å². The van der Waals surface area contributed by atoms with Gasteiger partial charge in [0.15, 0.2) is 5.96 Å². The van der Waals surface area contributed by atoms with Crippen LogP contribution in [-0.2, 0) is 9.53 Å². The number of hydrogen-bond acceptors (Lipinski definition) is 5. The summed E-state index contributed by atoms with van der Waals surface area (Å²) >= 11 is 0. The van der Waals surface area contributed by atoms with Crippen LogP contribution in [0.15, 0.2) is 29.3 Å². The molecule has 0 bridgehead atoms. The fourth-order valence-corrected chi connectivity index (χ4v) is 3.85. The minimum Gasteiger partial charge on any atom is -0.478 e. The summed E-state index contributed by atoms with van der Waals surface area (Å²) in [7, 11) is 1.67. The van der Waals surface area contributed by atoms with E-state index in [2.05, 4.69) is 15.1 Å². The number of piperazine rings is 1. The number of methoxy groups -OCH3 is 1. The first-order chi connectivity index (χ1) is 15.1. The van der Waals surface area contributed by atoms with Crippen LogP contribution in [0.25, 0.3) is 0 Å². The summed E-state index contributed by atoms with van der Waals surface area (Å²) in [5, 5.41) is 12.6. The maximum atomic E-state index is 12.4. The Bertz CT molecular complexity index is 771. The van der Waals surface area contributed by atoms with E-state index in [0.717, 1.165) is 64.5 Å². The maximum Gasteiger partial charge on any atom is 0.335 e. The molecule has 170 valence electrons. The Morgan fingerprint density at radius 3 is 2.52 bits per heavy atom. The Morgan fingerprint density at radius 1 is 1.10 bits per heavy atom. The number of anilines is 1. The normalized spacial score (nSPS) is 17.8. The van der Waals surface area contributed by atoms with Crippen molar-refractivity contribution in [1.82, 2.24) is 14.7 Å². The SMILES string of the molecule is COCCCN=C(Nc1cccc(C(=O)O)c1)N1CCN(CC(=O)N2CCCC2)CC1. The molecular weight excluding hydrogens is 398 g/mol. The molecule has 0 spiro atoms. The van der Waals surface area contributed by atoms with E-state index in [1.54, 1.807) is 25.3 Å². The Balaban J connectivity index is 1.59. The third-order valence-corrected chi connectivity index (χ3v) is 5.62. The number of ether oxygens (including phenoxy) is 1. The topological polar surface area (TPSA) is 97.7 Å². The molecule has 2 heterocycles. The minimum absolute atomic E-state index is 0.225. The summed E-state index contributed by atoms with van der Waals surface area (Å²) in [6.45, 7) is 6.57. The van der Waals surface area contributed by atoms with Gasteiger partial charge in [0, 0.05) is 65.2 Å². The monoisotopic (exact) mass is 431 g/mol. The molecule has 0 aromatic heterocycles. The van der Waals surface area contributed by atoms with Gasteiger partial charge in [0.05, 0.1) is 12.1 Å². The number of carboxylic acids is 1. The van der Waals surface area contributed by atoms with Crippen molar-refractivity contribution in [2.45, 2.75) is 19.3 Å². The number of aromatic carboxylic acids is 1. The molecular formula is C22H33N5O4. The van der Waals surface area contributed by atoms with Crippen molar-refractivity contribution < 1.29 is 19.4 Å². The Labute approximate surface area is 183 Å². The number of rotatable bonds is 8. The molecule has 1 aromatic rings. The predicted octanol–water partition coefficient (Wildman–Crippen LogP) is 1.43. The van der Waals surface area contributed by atoms with Crippen molar-refractivity contribution in [2.75, 3.05) is 71.4 Å². The van der Waals surface area contributed by atoms with Crippen LogP contribution in [0.5, 0.6) is 0 Å². The van der Waals surface area contributed by atoms with E-state index in [4.69, 9.17) is 9.73 Å². The van der Waals surface area contributed by atoms with Gasteiger partial charge in [-0.3, -0.25) is 14.7 Å². The standard InChI is InChI=1S/C22H33N5O4/c1-31-15-5-8-23-22(24-19-7-4-6-18(16-19)21(29)30)27-13-11-25(12-14-27)17-20(28)26-9-2-3-10-26/h4,6-7,16H,2-3,5,8-15,17H2,1H3,(H,23,24)(H,29,30). The number of likely N-dealkylation sites (tertiary alicyclic amines) is 1. The zero-order chi connectivity index (χ0) is 22.1. The Hall–Kier alpha value is -2.65. The highest BCUT2D eigenvalue weighted by Gasteiger charge is 2.24. The van der Waals surface area contributed by atoms with Crippen LogP contribution >= 0.6 is 0 Å². The summed E-state index contributed by atoms with van der Waals surface area (Å²) < 4.78 is 5.11. The molecule has 2 aliphatic heterocycles. The fraction of sp³-hybridized carbons (Fsp3) is 0.591. The van der Waals surface area contributed by atoms with Gasteiger partial charge in [-0.25, -0.2) is 4.79 Å². The van der Waals surface area contributed by atoms with Crippen LogP contribution in [0.3, 0.4) is 0 Å². The highest BCUT2D eigenvalue weighted by Crippen LogP contribution is 2.14. The zero-order valence-electron chi connectivity index (χ0n) is 18.3. The number of carbonyl (C=O) groups is 2. The smallest absolute Gasteiger partial charge is 0.335 e. The number of aliphatic imine (C=N–C) groups is 1. The number of carbonyl (C=O) groups excluding carboxylic acids is 1. The number of amides is 1. The third kappa shape index (κ3) is 6.93. The van der Waals surface area contributed by atoms with Crippen LogP contribution in [0.4, 0.5) is 5.69 Å². The zero-order valence-corrected chi connectivity index (χ0v) is 18.3. The molecule has 2 aliphatic rings. The van der Waals surface area contributed by atoms with Gasteiger partial charge < -0.3 is 25.0 Å². The summed E-state index contributed by atoms with van der Waals surface area (Å²) in [6.07, 6.45) is 3.02. The first-order valence-corrected chi connectivity index (χ1v) is 11.0. The number of nitrogens with one attached hydrogen (secondary N) is 1. The predicted molar refractivity (Wildman–Crippen MR) is 120 cm³/mol. The molecule has 0 unspecified atom stereocenters. The first kappa shape index (κ1) is 23.0. The number of hydrogen-bond donors (Lipinski definition) is 2. The minimum atomic E-state index is -0.960. The number of guanidine groups is 1. The lowest BCUT2D eigenvalue weighted by Gasteiger charge is -2.36. The van der Waals surface area contributed by atoms with Crippen LogP contribution < -0.4 is 5.32 Å². The Kier molecular flexibility index (Phi) is 8.66. The summed E-state index contributed by atoms with van der Waals surface area (Å²) in [5.41, 5.74) is 0.922. The molecule has 0 atom stereocenters. The van der Waals surface area contributed by atoms with Crippen molar-refractivity contribution in [3.8, 4) is 0 Å². The molecule has 2 N–H and O–H groups in total.